The number of aliphatic carboxylic acids is 1. The molecule has 136 valence electrons. The second-order valence-corrected chi connectivity index (χ2v) is 5.86. The van der Waals surface area contributed by atoms with Gasteiger partial charge in [0.25, 0.3) is 0 Å². The molecule has 2 unspecified atom stereocenters. The Morgan fingerprint density at radius 1 is 1.16 bits per heavy atom. The largest absolute Gasteiger partial charge is 0.504 e. The Hall–Kier alpha value is -2.62. The summed E-state index contributed by atoms with van der Waals surface area (Å²) >= 11 is 0. The first-order chi connectivity index (χ1) is 11.6. The number of hydrogen-bond donors (Lipinski definition) is 6. The van der Waals surface area contributed by atoms with Crippen molar-refractivity contribution in [1.82, 2.24) is 0 Å². The molecule has 0 aliphatic heterocycles. The predicted molar refractivity (Wildman–Crippen MR) is 82.5 cm³/mol. The molecule has 0 amide bonds. The van der Waals surface area contributed by atoms with E-state index < -0.39 is 48.7 Å². The monoisotopic (exact) mass is 354 g/mol. The van der Waals surface area contributed by atoms with E-state index in [2.05, 4.69) is 0 Å². The Labute approximate surface area is 142 Å². The van der Waals surface area contributed by atoms with Crippen LogP contribution in [-0.4, -0.2) is 66.5 Å². The average Bonchev–Trinajstić information content (AvgIpc) is 2.53. The fraction of sp³-hybridized carbons (Fsp3) is 0.375. The number of phenols is 2. The molecule has 1 aliphatic carbocycles. The number of aliphatic hydroxyl groups is 3. The number of phenolic OH excluding ortho intramolecular Hbond substituents is 2. The Balaban J connectivity index is 2.06. The lowest BCUT2D eigenvalue weighted by Gasteiger charge is -2.39. The summed E-state index contributed by atoms with van der Waals surface area (Å²) in [4.78, 5) is 22.9. The zero-order chi connectivity index (χ0) is 18.8. The molecule has 0 radical (unpaired) electrons. The molecule has 0 aromatic heterocycles. The summed E-state index contributed by atoms with van der Waals surface area (Å²) in [6, 6.07) is 3.83. The van der Waals surface area contributed by atoms with E-state index in [4.69, 9.17) is 9.84 Å². The summed E-state index contributed by atoms with van der Waals surface area (Å²) in [5.41, 5.74) is -1.94. The van der Waals surface area contributed by atoms with Crippen molar-refractivity contribution >= 4 is 18.0 Å². The maximum atomic E-state index is 11.8. The van der Waals surface area contributed by atoms with Crippen molar-refractivity contribution < 1.29 is 45.0 Å². The summed E-state index contributed by atoms with van der Waals surface area (Å²) in [5.74, 6) is -3.24. The average molecular weight is 354 g/mol. The Kier molecular flexibility index (Phi) is 5.31. The van der Waals surface area contributed by atoms with Crippen molar-refractivity contribution in [2.24, 2.45) is 0 Å². The Morgan fingerprint density at radius 3 is 2.44 bits per heavy atom. The number of aromatic hydroxyl groups is 2. The van der Waals surface area contributed by atoms with Crippen LogP contribution in [0.15, 0.2) is 24.3 Å². The first-order valence-corrected chi connectivity index (χ1v) is 7.35. The van der Waals surface area contributed by atoms with Crippen molar-refractivity contribution in [3.05, 3.63) is 29.8 Å². The number of aliphatic hydroxyl groups excluding tert-OH is 2. The zero-order valence-corrected chi connectivity index (χ0v) is 12.9. The van der Waals surface area contributed by atoms with Gasteiger partial charge in [0.1, 0.15) is 12.2 Å². The molecule has 1 aromatic carbocycles. The molecule has 6 N–H and O–H groups in total. The molecule has 0 spiro atoms. The van der Waals surface area contributed by atoms with Crippen LogP contribution in [0.5, 0.6) is 11.5 Å². The first-order valence-electron chi connectivity index (χ1n) is 7.35. The molecule has 0 heterocycles. The van der Waals surface area contributed by atoms with Crippen LogP contribution < -0.4 is 0 Å². The van der Waals surface area contributed by atoms with E-state index in [1.165, 1.54) is 24.3 Å². The van der Waals surface area contributed by atoms with Crippen LogP contribution in [0.3, 0.4) is 0 Å². The second-order valence-electron chi connectivity index (χ2n) is 5.86. The smallest absolute Gasteiger partial charge is 0.335 e. The van der Waals surface area contributed by atoms with Gasteiger partial charge < -0.3 is 35.4 Å². The third-order valence-electron chi connectivity index (χ3n) is 3.94. The van der Waals surface area contributed by atoms with Crippen LogP contribution in [0, 0.1) is 0 Å². The van der Waals surface area contributed by atoms with E-state index in [1.807, 2.05) is 0 Å². The van der Waals surface area contributed by atoms with E-state index in [0.717, 1.165) is 6.08 Å². The maximum absolute atomic E-state index is 11.8. The van der Waals surface area contributed by atoms with Crippen LogP contribution >= 0.6 is 0 Å². The van der Waals surface area contributed by atoms with Crippen LogP contribution in [0.2, 0.25) is 0 Å². The SMILES string of the molecule is O=C(/C=C/c1ccc(O)c(O)c1)OC1CC(O)(C(=O)O)C[C@@H](O)[C@H]1O. The number of carboxylic acid groups (broad SMARTS) is 1. The molecule has 1 saturated carbocycles. The predicted octanol–water partition coefficient (Wildman–Crippen LogP) is -0.646. The molecular formula is C16H18O9. The number of hydrogen-bond acceptors (Lipinski definition) is 8. The summed E-state index contributed by atoms with van der Waals surface area (Å²) in [5, 5.41) is 57.0. The van der Waals surface area contributed by atoms with Gasteiger partial charge >= 0.3 is 11.9 Å². The highest BCUT2D eigenvalue weighted by Gasteiger charge is 2.50. The van der Waals surface area contributed by atoms with Gasteiger partial charge in [-0.05, 0) is 23.8 Å². The van der Waals surface area contributed by atoms with E-state index in [9.17, 15) is 35.1 Å². The van der Waals surface area contributed by atoms with Crippen LogP contribution in [0.4, 0.5) is 0 Å². The molecule has 0 saturated heterocycles. The standard InChI is InChI=1S/C16H18O9/c17-9-3-1-8(5-10(9)18)2-4-13(20)25-12-7-16(24,15(22)23)6-11(19)14(12)21/h1-5,11-12,14,17-19,21,24H,6-7H2,(H,22,23)/b4-2+/t11-,12?,14-,16?/m1/s1. The minimum atomic E-state index is -2.31. The fourth-order valence-electron chi connectivity index (χ4n) is 2.53. The lowest BCUT2D eigenvalue weighted by atomic mass is 9.79. The highest BCUT2D eigenvalue weighted by atomic mass is 16.6. The summed E-state index contributed by atoms with van der Waals surface area (Å²) in [7, 11) is 0. The molecule has 2 rings (SSSR count). The lowest BCUT2D eigenvalue weighted by molar-refractivity contribution is -0.196. The third kappa shape index (κ3) is 4.27. The first kappa shape index (κ1) is 18.7. The number of carbonyl (C=O) groups is 2. The van der Waals surface area contributed by atoms with Gasteiger partial charge in [0.2, 0.25) is 0 Å². The molecule has 4 atom stereocenters. The summed E-state index contributed by atoms with van der Waals surface area (Å²) in [6.45, 7) is 0. The topological polar surface area (TPSA) is 165 Å². The quantitative estimate of drug-likeness (QED) is 0.234. The number of benzene rings is 1. The van der Waals surface area contributed by atoms with Gasteiger partial charge in [0, 0.05) is 18.9 Å². The summed E-state index contributed by atoms with van der Waals surface area (Å²) < 4.78 is 4.92. The van der Waals surface area contributed by atoms with E-state index in [0.29, 0.717) is 5.56 Å². The zero-order valence-electron chi connectivity index (χ0n) is 12.9. The van der Waals surface area contributed by atoms with E-state index >= 15 is 0 Å². The normalized spacial score (nSPS) is 29.5. The van der Waals surface area contributed by atoms with E-state index in [-0.39, 0.29) is 11.5 Å². The minimum Gasteiger partial charge on any atom is -0.504 e. The highest BCUT2D eigenvalue weighted by Crippen LogP contribution is 2.31. The molecule has 1 aliphatic rings. The molecule has 1 fully saturated rings. The van der Waals surface area contributed by atoms with Crippen molar-refractivity contribution in [3.8, 4) is 11.5 Å². The molecular weight excluding hydrogens is 336 g/mol. The molecule has 9 nitrogen and oxygen atoms in total. The van der Waals surface area contributed by atoms with Gasteiger partial charge in [-0.2, -0.15) is 0 Å². The van der Waals surface area contributed by atoms with Crippen molar-refractivity contribution in [3.63, 3.8) is 0 Å². The Morgan fingerprint density at radius 2 is 1.84 bits per heavy atom. The molecule has 0 bridgehead atoms. The van der Waals surface area contributed by atoms with Gasteiger partial charge in [-0.25, -0.2) is 9.59 Å². The van der Waals surface area contributed by atoms with Crippen LogP contribution in [-0.2, 0) is 14.3 Å². The number of ether oxygens (including phenoxy) is 1. The number of esters is 1. The summed E-state index contributed by atoms with van der Waals surface area (Å²) in [6.07, 6.45) is -3.44. The van der Waals surface area contributed by atoms with Gasteiger partial charge in [-0.1, -0.05) is 6.07 Å². The third-order valence-corrected chi connectivity index (χ3v) is 3.94. The van der Waals surface area contributed by atoms with Crippen molar-refractivity contribution in [1.29, 1.82) is 0 Å². The number of rotatable bonds is 4. The second kappa shape index (κ2) is 7.09. The van der Waals surface area contributed by atoms with Gasteiger partial charge in [-0.15, -0.1) is 0 Å². The van der Waals surface area contributed by atoms with Gasteiger partial charge in [-0.3, -0.25) is 0 Å². The maximum Gasteiger partial charge on any atom is 0.335 e. The van der Waals surface area contributed by atoms with Crippen LogP contribution in [0.25, 0.3) is 6.08 Å². The molecule has 1 aromatic rings. The molecule has 25 heavy (non-hydrogen) atoms. The fourth-order valence-corrected chi connectivity index (χ4v) is 2.53. The van der Waals surface area contributed by atoms with E-state index in [1.54, 1.807) is 0 Å². The number of carboxylic acids is 1. The lowest BCUT2D eigenvalue weighted by Crippen LogP contribution is -2.57. The highest BCUT2D eigenvalue weighted by molar-refractivity contribution is 5.87. The Bertz CT molecular complexity index is 699. The molecule has 9 heteroatoms. The van der Waals surface area contributed by atoms with Crippen molar-refractivity contribution in [2.45, 2.75) is 36.8 Å². The van der Waals surface area contributed by atoms with Crippen molar-refractivity contribution in [2.75, 3.05) is 0 Å². The van der Waals surface area contributed by atoms with Crippen LogP contribution in [0.1, 0.15) is 18.4 Å². The number of carbonyl (C=O) groups excluding carboxylic acids is 1. The minimum absolute atomic E-state index is 0.327. The van der Waals surface area contributed by atoms with Gasteiger partial charge in [0.05, 0.1) is 6.10 Å². The van der Waals surface area contributed by atoms with Gasteiger partial charge in [0.15, 0.2) is 17.1 Å².